The number of aliphatic imine (C=N–C) groups is 1. The average molecular weight is 418 g/mol. The van der Waals surface area contributed by atoms with Crippen molar-refractivity contribution in [3.8, 4) is 0 Å². The van der Waals surface area contributed by atoms with E-state index in [-0.39, 0.29) is 0 Å². The van der Waals surface area contributed by atoms with E-state index < -0.39 is 0 Å². The number of hydrogen-bond donors (Lipinski definition) is 0. The summed E-state index contributed by atoms with van der Waals surface area (Å²) in [5.74, 6) is 2.47. The van der Waals surface area contributed by atoms with Gasteiger partial charge in [-0.2, -0.15) is 0 Å². The highest BCUT2D eigenvalue weighted by atomic mass is 15.3. The van der Waals surface area contributed by atoms with Gasteiger partial charge in [0.1, 0.15) is 0 Å². The maximum absolute atomic E-state index is 5.28. The molecule has 1 aromatic carbocycles. The fourth-order valence-electron chi connectivity index (χ4n) is 4.99. The summed E-state index contributed by atoms with van der Waals surface area (Å²) >= 11 is 0. The standard InChI is InChI=1S/C28H39N3/c1-22-11-7-8-18-30(19-9-12-22)26-17-16-23(2)21-27(25-14-5-4-6-15-25)31-20-10-13-24(3)29-28(26)31/h4-6,10,14-15,17,20-24H,7-9,11-13,16,18-19H2,1-3H3. The van der Waals surface area contributed by atoms with Gasteiger partial charge in [0.2, 0.25) is 0 Å². The molecule has 3 atom stereocenters. The second kappa shape index (κ2) is 10.3. The maximum Gasteiger partial charge on any atom is 0.156 e. The Hall–Kier alpha value is -2.29. The first-order chi connectivity index (χ1) is 15.1. The molecule has 3 aliphatic heterocycles. The number of nitrogens with zero attached hydrogens (tertiary/aromatic N) is 3. The highest BCUT2D eigenvalue weighted by Gasteiger charge is 2.27. The number of rotatable bonds is 2. The van der Waals surface area contributed by atoms with Gasteiger partial charge in [-0.05, 0) is 56.4 Å². The Morgan fingerprint density at radius 1 is 0.871 bits per heavy atom. The first kappa shape index (κ1) is 21.9. The van der Waals surface area contributed by atoms with Crippen LogP contribution in [-0.2, 0) is 0 Å². The van der Waals surface area contributed by atoms with Crippen molar-refractivity contribution in [3.05, 3.63) is 66.0 Å². The zero-order chi connectivity index (χ0) is 21.6. The summed E-state index contributed by atoms with van der Waals surface area (Å²) in [7, 11) is 0. The molecule has 0 radical (unpaired) electrons. The fraction of sp³-hybridized carbons (Fsp3) is 0.536. The second-order valence-electron chi connectivity index (χ2n) is 9.74. The molecule has 3 heteroatoms. The molecular formula is C28H39N3. The lowest BCUT2D eigenvalue weighted by atomic mass is 9.98. The monoisotopic (exact) mass is 417 g/mol. The van der Waals surface area contributed by atoms with Crippen LogP contribution in [0.25, 0.3) is 5.70 Å². The van der Waals surface area contributed by atoms with Gasteiger partial charge in [0.05, 0.1) is 17.4 Å². The van der Waals surface area contributed by atoms with Gasteiger partial charge in [0.25, 0.3) is 0 Å². The summed E-state index contributed by atoms with van der Waals surface area (Å²) in [6.07, 6.45) is 18.1. The first-order valence-corrected chi connectivity index (χ1v) is 12.4. The molecule has 1 saturated heterocycles. The lowest BCUT2D eigenvalue weighted by Gasteiger charge is -2.35. The van der Waals surface area contributed by atoms with E-state index >= 15 is 0 Å². The smallest absolute Gasteiger partial charge is 0.156 e. The lowest BCUT2D eigenvalue weighted by molar-refractivity contribution is 0.343. The van der Waals surface area contributed by atoms with Crippen LogP contribution in [0.15, 0.2) is 65.4 Å². The minimum Gasteiger partial charge on any atom is -0.369 e. The Bertz CT molecular complexity index is 848. The molecule has 0 saturated carbocycles. The molecule has 0 spiro atoms. The van der Waals surface area contributed by atoms with E-state index in [1.807, 2.05) is 0 Å². The summed E-state index contributed by atoms with van der Waals surface area (Å²) in [5.41, 5.74) is 3.88. The van der Waals surface area contributed by atoms with E-state index in [1.165, 1.54) is 49.1 Å². The minimum absolute atomic E-state index is 0.297. The molecule has 166 valence electrons. The van der Waals surface area contributed by atoms with Crippen molar-refractivity contribution in [2.75, 3.05) is 13.1 Å². The van der Waals surface area contributed by atoms with Gasteiger partial charge >= 0.3 is 0 Å². The largest absolute Gasteiger partial charge is 0.369 e. The van der Waals surface area contributed by atoms with Gasteiger partial charge in [-0.1, -0.05) is 75.2 Å². The van der Waals surface area contributed by atoms with Crippen molar-refractivity contribution >= 4 is 11.5 Å². The van der Waals surface area contributed by atoms with Crippen LogP contribution in [0.4, 0.5) is 0 Å². The third-order valence-electron chi connectivity index (χ3n) is 6.83. The molecule has 3 aliphatic rings. The van der Waals surface area contributed by atoms with E-state index in [0.717, 1.165) is 37.7 Å². The first-order valence-electron chi connectivity index (χ1n) is 12.4. The molecule has 3 heterocycles. The molecule has 0 N–H and O–H groups in total. The Kier molecular flexibility index (Phi) is 7.32. The Labute approximate surface area is 189 Å². The van der Waals surface area contributed by atoms with Crippen LogP contribution in [0, 0.1) is 11.8 Å². The van der Waals surface area contributed by atoms with E-state index in [9.17, 15) is 0 Å². The third-order valence-corrected chi connectivity index (χ3v) is 6.83. The van der Waals surface area contributed by atoms with Crippen LogP contribution in [-0.4, -0.2) is 34.8 Å². The number of fused-ring (bicyclic) bond motifs is 1. The predicted octanol–water partition coefficient (Wildman–Crippen LogP) is 6.86. The molecule has 3 unspecified atom stereocenters. The van der Waals surface area contributed by atoms with Crippen molar-refractivity contribution in [1.82, 2.24) is 9.80 Å². The topological polar surface area (TPSA) is 18.8 Å². The molecule has 0 aliphatic carbocycles. The zero-order valence-corrected chi connectivity index (χ0v) is 19.6. The summed E-state index contributed by atoms with van der Waals surface area (Å²) in [4.78, 5) is 10.3. The molecular weight excluding hydrogens is 378 g/mol. The summed E-state index contributed by atoms with van der Waals surface area (Å²) < 4.78 is 0. The Morgan fingerprint density at radius 3 is 2.48 bits per heavy atom. The van der Waals surface area contributed by atoms with Gasteiger partial charge in [-0.3, -0.25) is 4.99 Å². The summed E-state index contributed by atoms with van der Waals surface area (Å²) in [5, 5.41) is 0. The maximum atomic E-state index is 5.28. The van der Waals surface area contributed by atoms with Crippen LogP contribution < -0.4 is 0 Å². The van der Waals surface area contributed by atoms with E-state index in [1.54, 1.807) is 0 Å². The number of allylic oxidation sites excluding steroid dienone is 2. The van der Waals surface area contributed by atoms with Crippen LogP contribution in [0.3, 0.4) is 0 Å². The van der Waals surface area contributed by atoms with Crippen LogP contribution in [0.5, 0.6) is 0 Å². The molecule has 31 heavy (non-hydrogen) atoms. The highest BCUT2D eigenvalue weighted by molar-refractivity contribution is 6.04. The summed E-state index contributed by atoms with van der Waals surface area (Å²) in [6.45, 7) is 9.28. The fourth-order valence-corrected chi connectivity index (χ4v) is 4.99. The van der Waals surface area contributed by atoms with Gasteiger partial charge in [0.15, 0.2) is 5.84 Å². The molecule has 0 bridgehead atoms. The minimum atomic E-state index is 0.297. The second-order valence-corrected chi connectivity index (χ2v) is 9.74. The van der Waals surface area contributed by atoms with Crippen LogP contribution in [0.2, 0.25) is 0 Å². The molecule has 3 nitrogen and oxygen atoms in total. The van der Waals surface area contributed by atoms with Gasteiger partial charge in [-0.25, -0.2) is 0 Å². The predicted molar refractivity (Wildman–Crippen MR) is 133 cm³/mol. The lowest BCUT2D eigenvalue weighted by Crippen LogP contribution is -2.37. The summed E-state index contributed by atoms with van der Waals surface area (Å²) in [6, 6.07) is 11.1. The Morgan fingerprint density at radius 2 is 1.65 bits per heavy atom. The molecule has 0 amide bonds. The number of hydrogen-bond acceptors (Lipinski definition) is 3. The van der Waals surface area contributed by atoms with E-state index in [4.69, 9.17) is 4.99 Å². The van der Waals surface area contributed by atoms with E-state index in [2.05, 4.69) is 85.3 Å². The normalized spacial score (nSPS) is 28.0. The van der Waals surface area contributed by atoms with Crippen molar-refractivity contribution in [1.29, 1.82) is 0 Å². The molecule has 1 fully saturated rings. The van der Waals surface area contributed by atoms with Gasteiger partial charge in [0, 0.05) is 19.3 Å². The Balaban J connectivity index is 1.74. The van der Waals surface area contributed by atoms with Gasteiger partial charge in [-0.15, -0.1) is 0 Å². The van der Waals surface area contributed by atoms with Crippen molar-refractivity contribution in [2.24, 2.45) is 16.8 Å². The molecule has 4 rings (SSSR count). The zero-order valence-electron chi connectivity index (χ0n) is 19.6. The van der Waals surface area contributed by atoms with Crippen molar-refractivity contribution < 1.29 is 0 Å². The van der Waals surface area contributed by atoms with Crippen LogP contribution >= 0.6 is 0 Å². The van der Waals surface area contributed by atoms with Crippen LogP contribution in [0.1, 0.15) is 71.3 Å². The SMILES string of the molecule is CC1C=C(c2ccccc2)N2C=CCC(C)N=C2C(N2CCCCC(C)CCC2)=CC1. The molecule has 0 aromatic heterocycles. The highest BCUT2D eigenvalue weighted by Crippen LogP contribution is 2.31. The quantitative estimate of drug-likeness (QED) is 0.523. The van der Waals surface area contributed by atoms with Crippen molar-refractivity contribution in [3.63, 3.8) is 0 Å². The van der Waals surface area contributed by atoms with E-state index in [0.29, 0.717) is 12.0 Å². The number of amidine groups is 1. The van der Waals surface area contributed by atoms with Gasteiger partial charge < -0.3 is 9.80 Å². The number of benzene rings is 1. The van der Waals surface area contributed by atoms with Crippen molar-refractivity contribution in [2.45, 2.75) is 71.8 Å². The molecule has 1 aromatic rings. The third kappa shape index (κ3) is 5.50. The average Bonchev–Trinajstić information content (AvgIpc) is 2.87.